The molecule has 0 bridgehead atoms. The summed E-state index contributed by atoms with van der Waals surface area (Å²) < 4.78 is 18.9. The normalized spacial score (nSPS) is 16.3. The van der Waals surface area contributed by atoms with E-state index in [0.29, 0.717) is 31.5 Å². The van der Waals surface area contributed by atoms with Crippen molar-refractivity contribution in [1.82, 2.24) is 4.90 Å². The van der Waals surface area contributed by atoms with Crippen LogP contribution in [0.15, 0.2) is 18.2 Å². The molecule has 1 amide bonds. The second-order valence-corrected chi connectivity index (χ2v) is 6.82. The molecule has 6 heteroatoms. The van der Waals surface area contributed by atoms with Crippen molar-refractivity contribution in [3.63, 3.8) is 0 Å². The van der Waals surface area contributed by atoms with E-state index in [1.807, 2.05) is 20.8 Å². The Kier molecular flexibility index (Phi) is 4.92. The summed E-state index contributed by atoms with van der Waals surface area (Å²) >= 11 is 0. The van der Waals surface area contributed by atoms with Crippen molar-refractivity contribution in [1.29, 1.82) is 0 Å². The van der Waals surface area contributed by atoms with Crippen LogP contribution in [0.3, 0.4) is 0 Å². The van der Waals surface area contributed by atoms with E-state index in [2.05, 4.69) is 0 Å². The Hall–Kier alpha value is -2.11. The van der Waals surface area contributed by atoms with E-state index in [9.17, 15) is 14.0 Å². The van der Waals surface area contributed by atoms with Crippen molar-refractivity contribution in [3.8, 4) is 0 Å². The highest BCUT2D eigenvalue weighted by Gasteiger charge is 2.28. The maximum Gasteiger partial charge on any atom is 0.410 e. The first kappa shape index (κ1) is 17.2. The number of piperidine rings is 1. The molecule has 1 heterocycles. The number of likely N-dealkylation sites (tertiary alicyclic amines) is 1. The number of rotatable bonds is 2. The molecule has 1 aromatic rings. The van der Waals surface area contributed by atoms with Gasteiger partial charge in [-0.15, -0.1) is 0 Å². The first-order valence-electron chi connectivity index (χ1n) is 7.67. The first-order chi connectivity index (χ1) is 10.7. The van der Waals surface area contributed by atoms with Gasteiger partial charge in [0.1, 0.15) is 11.4 Å². The zero-order chi connectivity index (χ0) is 17.2. The van der Waals surface area contributed by atoms with Gasteiger partial charge >= 0.3 is 12.1 Å². The number of nitrogens with zero attached hydrogens (tertiary/aromatic N) is 1. The van der Waals surface area contributed by atoms with Gasteiger partial charge in [-0.25, -0.2) is 14.0 Å². The second kappa shape index (κ2) is 6.56. The Labute approximate surface area is 135 Å². The Morgan fingerprint density at radius 2 is 1.83 bits per heavy atom. The Morgan fingerprint density at radius 1 is 1.22 bits per heavy atom. The largest absolute Gasteiger partial charge is 0.478 e. The molecule has 1 aliphatic rings. The fraction of sp³-hybridized carbons (Fsp3) is 0.529. The number of ether oxygens (including phenoxy) is 1. The molecule has 0 aliphatic carbocycles. The molecule has 0 atom stereocenters. The van der Waals surface area contributed by atoms with Crippen LogP contribution in [0.5, 0.6) is 0 Å². The molecule has 126 valence electrons. The van der Waals surface area contributed by atoms with Gasteiger partial charge in [-0.05, 0) is 63.3 Å². The molecule has 1 saturated heterocycles. The number of hydrogen-bond donors (Lipinski definition) is 1. The average molecular weight is 323 g/mol. The SMILES string of the molecule is CC(C)(C)OC(=O)N1CCC(c2cc(F)cc(C(=O)O)c2)CC1. The number of halogens is 1. The fourth-order valence-electron chi connectivity index (χ4n) is 2.69. The molecule has 0 spiro atoms. The number of aromatic carboxylic acids is 1. The Bertz CT molecular complexity index is 601. The van der Waals surface area contributed by atoms with Crippen LogP contribution >= 0.6 is 0 Å². The lowest BCUT2D eigenvalue weighted by atomic mass is 9.88. The number of carboxylic acid groups (broad SMARTS) is 1. The summed E-state index contributed by atoms with van der Waals surface area (Å²) in [6, 6.07) is 3.90. The summed E-state index contributed by atoms with van der Waals surface area (Å²) in [6.07, 6.45) is 0.963. The maximum absolute atomic E-state index is 13.6. The Morgan fingerprint density at radius 3 is 2.35 bits per heavy atom. The van der Waals surface area contributed by atoms with E-state index in [-0.39, 0.29) is 17.6 Å². The predicted octanol–water partition coefficient (Wildman–Crippen LogP) is 3.64. The van der Waals surface area contributed by atoms with Crippen LogP contribution in [0.2, 0.25) is 0 Å². The maximum atomic E-state index is 13.6. The van der Waals surface area contributed by atoms with E-state index >= 15 is 0 Å². The van der Waals surface area contributed by atoms with Crippen LogP contribution < -0.4 is 0 Å². The van der Waals surface area contributed by atoms with Crippen molar-refractivity contribution in [2.24, 2.45) is 0 Å². The summed E-state index contributed by atoms with van der Waals surface area (Å²) in [5.74, 6) is -1.64. The lowest BCUT2D eigenvalue weighted by molar-refractivity contribution is 0.0204. The zero-order valence-corrected chi connectivity index (χ0v) is 13.6. The topological polar surface area (TPSA) is 66.8 Å². The highest BCUT2D eigenvalue weighted by atomic mass is 19.1. The van der Waals surface area contributed by atoms with Gasteiger partial charge in [0, 0.05) is 13.1 Å². The fourth-order valence-corrected chi connectivity index (χ4v) is 2.69. The number of hydrogen-bond acceptors (Lipinski definition) is 3. The van der Waals surface area contributed by atoms with Crippen molar-refractivity contribution >= 4 is 12.1 Å². The second-order valence-electron chi connectivity index (χ2n) is 6.82. The van der Waals surface area contributed by atoms with E-state index < -0.39 is 17.4 Å². The molecule has 23 heavy (non-hydrogen) atoms. The van der Waals surface area contributed by atoms with Crippen LogP contribution in [0.1, 0.15) is 55.5 Å². The van der Waals surface area contributed by atoms with Crippen molar-refractivity contribution in [2.75, 3.05) is 13.1 Å². The summed E-state index contributed by atoms with van der Waals surface area (Å²) in [6.45, 7) is 6.48. The van der Waals surface area contributed by atoms with Gasteiger partial charge < -0.3 is 14.7 Å². The van der Waals surface area contributed by atoms with Gasteiger partial charge in [0.05, 0.1) is 5.56 Å². The van der Waals surface area contributed by atoms with E-state index in [1.54, 1.807) is 4.90 Å². The monoisotopic (exact) mass is 323 g/mol. The van der Waals surface area contributed by atoms with Gasteiger partial charge in [-0.1, -0.05) is 0 Å². The van der Waals surface area contributed by atoms with E-state index in [0.717, 1.165) is 6.07 Å². The van der Waals surface area contributed by atoms with Gasteiger partial charge in [0.15, 0.2) is 0 Å². The molecule has 0 saturated carbocycles. The minimum absolute atomic E-state index is 0.0440. The quantitative estimate of drug-likeness (QED) is 0.902. The predicted molar refractivity (Wildman–Crippen MR) is 83.1 cm³/mol. The number of carbonyl (C=O) groups is 2. The molecule has 1 aromatic carbocycles. The molecule has 2 rings (SSSR count). The van der Waals surface area contributed by atoms with Gasteiger partial charge in [-0.2, -0.15) is 0 Å². The van der Waals surface area contributed by atoms with Crippen molar-refractivity contribution in [2.45, 2.75) is 45.1 Å². The van der Waals surface area contributed by atoms with Crippen LogP contribution in [-0.2, 0) is 4.74 Å². The minimum Gasteiger partial charge on any atom is -0.478 e. The minimum atomic E-state index is -1.14. The van der Waals surface area contributed by atoms with Gasteiger partial charge in [0.25, 0.3) is 0 Å². The number of carbonyl (C=O) groups excluding carboxylic acids is 1. The summed E-state index contributed by atoms with van der Waals surface area (Å²) in [4.78, 5) is 24.7. The standard InChI is InChI=1S/C17H22FNO4/c1-17(2,3)23-16(22)19-6-4-11(5-7-19)12-8-13(15(20)21)10-14(18)9-12/h8-11H,4-7H2,1-3H3,(H,20,21). The summed E-state index contributed by atoms with van der Waals surface area (Å²) in [5, 5.41) is 9.02. The molecule has 0 radical (unpaired) electrons. The molecular weight excluding hydrogens is 301 g/mol. The highest BCUT2D eigenvalue weighted by molar-refractivity contribution is 5.87. The molecule has 0 aromatic heterocycles. The third-order valence-corrected chi connectivity index (χ3v) is 3.79. The van der Waals surface area contributed by atoms with Gasteiger partial charge in [0.2, 0.25) is 0 Å². The van der Waals surface area contributed by atoms with Crippen LogP contribution in [0.25, 0.3) is 0 Å². The summed E-state index contributed by atoms with van der Waals surface area (Å²) in [7, 11) is 0. The number of benzene rings is 1. The molecule has 1 aliphatic heterocycles. The third kappa shape index (κ3) is 4.68. The number of carboxylic acids is 1. The van der Waals surface area contributed by atoms with Crippen molar-refractivity contribution in [3.05, 3.63) is 35.1 Å². The van der Waals surface area contributed by atoms with Crippen molar-refractivity contribution < 1.29 is 23.8 Å². The van der Waals surface area contributed by atoms with E-state index in [1.165, 1.54) is 12.1 Å². The lowest BCUT2D eigenvalue weighted by Crippen LogP contribution is -2.41. The molecular formula is C17H22FNO4. The summed E-state index contributed by atoms with van der Waals surface area (Å²) in [5.41, 5.74) is 0.0909. The average Bonchev–Trinajstić information content (AvgIpc) is 2.45. The highest BCUT2D eigenvalue weighted by Crippen LogP contribution is 2.30. The van der Waals surface area contributed by atoms with Crippen LogP contribution in [0, 0.1) is 5.82 Å². The molecule has 5 nitrogen and oxygen atoms in total. The van der Waals surface area contributed by atoms with Crippen LogP contribution in [-0.4, -0.2) is 40.8 Å². The lowest BCUT2D eigenvalue weighted by Gasteiger charge is -2.33. The molecule has 0 unspecified atom stereocenters. The van der Waals surface area contributed by atoms with Crippen LogP contribution in [0.4, 0.5) is 9.18 Å². The molecule has 1 N–H and O–H groups in total. The number of amides is 1. The van der Waals surface area contributed by atoms with E-state index in [4.69, 9.17) is 9.84 Å². The first-order valence-corrected chi connectivity index (χ1v) is 7.67. The van der Waals surface area contributed by atoms with Gasteiger partial charge in [-0.3, -0.25) is 0 Å². The smallest absolute Gasteiger partial charge is 0.410 e. The third-order valence-electron chi connectivity index (χ3n) is 3.79. The zero-order valence-electron chi connectivity index (χ0n) is 13.6. The molecule has 1 fully saturated rings. The Balaban J connectivity index is 2.02.